The Morgan fingerprint density at radius 3 is 2.00 bits per heavy atom. The van der Waals surface area contributed by atoms with E-state index in [1.807, 2.05) is 0 Å². The first kappa shape index (κ1) is 29.5. The topological polar surface area (TPSA) is 35.2 Å². The van der Waals surface area contributed by atoms with Crippen LogP contribution in [0.3, 0.4) is 0 Å². The molecule has 0 saturated heterocycles. The normalized spacial score (nSPS) is 10.2. The summed E-state index contributed by atoms with van der Waals surface area (Å²) in [6.07, 6.45) is 13.3. The predicted molar refractivity (Wildman–Crippen MR) is 141 cm³/mol. The van der Waals surface area contributed by atoms with Crippen molar-refractivity contribution in [2.75, 3.05) is 13.2 Å². The molecular weight excluding hydrogens is 425 g/mol. The van der Waals surface area contributed by atoms with Crippen molar-refractivity contribution in [1.29, 1.82) is 0 Å². The Balaban J connectivity index is 0.000000457. The van der Waals surface area contributed by atoms with E-state index in [4.69, 9.17) is 33.7 Å². The van der Waals surface area contributed by atoms with Crippen molar-refractivity contribution in [2.45, 2.75) is 72.6 Å². The van der Waals surface area contributed by atoms with Gasteiger partial charge in [0.15, 0.2) is 0 Å². The second-order valence-electron chi connectivity index (χ2n) is 7.35. The van der Waals surface area contributed by atoms with Gasteiger partial charge in [0, 0.05) is 6.07 Å². The quantitative estimate of drug-likeness (QED) is 0.354. The SMILES string of the molecule is CC/C=C/c1ccc(C)cc1.CCCCCCC.NCCCOc1ccc(Cl)c(Cl)c1. The number of aryl methyl sites for hydroxylation is 1. The molecule has 0 spiro atoms. The Morgan fingerprint density at radius 2 is 1.48 bits per heavy atom. The largest absolute Gasteiger partial charge is 0.493 e. The van der Waals surface area contributed by atoms with Crippen molar-refractivity contribution in [3.8, 4) is 5.75 Å². The molecule has 0 fully saturated rings. The molecule has 0 saturated carbocycles. The zero-order chi connectivity index (χ0) is 23.3. The molecule has 174 valence electrons. The summed E-state index contributed by atoms with van der Waals surface area (Å²) in [5.41, 5.74) is 7.93. The molecule has 0 unspecified atom stereocenters. The minimum Gasteiger partial charge on any atom is -0.493 e. The summed E-state index contributed by atoms with van der Waals surface area (Å²) in [6, 6.07) is 13.7. The number of unbranched alkanes of at least 4 members (excludes halogenated alkanes) is 4. The van der Waals surface area contributed by atoms with E-state index in [1.54, 1.807) is 18.2 Å². The molecule has 0 atom stereocenters. The van der Waals surface area contributed by atoms with Gasteiger partial charge >= 0.3 is 0 Å². The van der Waals surface area contributed by atoms with Crippen LogP contribution in [0.15, 0.2) is 48.5 Å². The third-order valence-corrected chi connectivity index (χ3v) is 5.08. The van der Waals surface area contributed by atoms with Crippen LogP contribution in [0.25, 0.3) is 6.08 Å². The van der Waals surface area contributed by atoms with Crippen molar-refractivity contribution in [1.82, 2.24) is 0 Å². The van der Waals surface area contributed by atoms with E-state index in [0.29, 0.717) is 23.2 Å². The zero-order valence-corrected chi connectivity index (χ0v) is 21.3. The molecule has 2 aromatic carbocycles. The number of halogens is 2. The van der Waals surface area contributed by atoms with E-state index >= 15 is 0 Å². The molecule has 0 amide bonds. The van der Waals surface area contributed by atoms with Crippen LogP contribution in [0.2, 0.25) is 10.0 Å². The highest BCUT2D eigenvalue weighted by atomic mass is 35.5. The zero-order valence-electron chi connectivity index (χ0n) is 19.8. The summed E-state index contributed by atoms with van der Waals surface area (Å²) in [6.45, 7) is 9.97. The van der Waals surface area contributed by atoms with E-state index in [-0.39, 0.29) is 0 Å². The van der Waals surface area contributed by atoms with E-state index in [2.05, 4.69) is 64.1 Å². The van der Waals surface area contributed by atoms with Crippen LogP contribution in [0.1, 0.15) is 76.8 Å². The van der Waals surface area contributed by atoms with Gasteiger partial charge in [0.1, 0.15) is 5.75 Å². The molecule has 4 heteroatoms. The van der Waals surface area contributed by atoms with Crippen molar-refractivity contribution in [3.63, 3.8) is 0 Å². The van der Waals surface area contributed by atoms with Gasteiger partial charge in [0.05, 0.1) is 16.7 Å². The van der Waals surface area contributed by atoms with Crippen LogP contribution in [0, 0.1) is 6.92 Å². The first-order valence-corrected chi connectivity index (χ1v) is 12.2. The monoisotopic (exact) mass is 465 g/mol. The number of benzene rings is 2. The summed E-state index contributed by atoms with van der Waals surface area (Å²) in [5.74, 6) is 0.725. The van der Waals surface area contributed by atoms with Gasteiger partial charge in [-0.15, -0.1) is 0 Å². The minimum absolute atomic E-state index is 0.506. The Hall–Kier alpha value is -1.48. The Kier molecular flexibility index (Phi) is 19.4. The molecule has 0 heterocycles. The van der Waals surface area contributed by atoms with Gasteiger partial charge in [-0.1, -0.05) is 118 Å². The lowest BCUT2D eigenvalue weighted by molar-refractivity contribution is 0.313. The molecule has 31 heavy (non-hydrogen) atoms. The highest BCUT2D eigenvalue weighted by molar-refractivity contribution is 6.42. The van der Waals surface area contributed by atoms with Crippen LogP contribution >= 0.6 is 23.2 Å². The van der Waals surface area contributed by atoms with Crippen LogP contribution in [-0.2, 0) is 0 Å². The van der Waals surface area contributed by atoms with Crippen molar-refractivity contribution >= 4 is 29.3 Å². The smallest absolute Gasteiger partial charge is 0.120 e. The maximum absolute atomic E-state index is 5.79. The summed E-state index contributed by atoms with van der Waals surface area (Å²) < 4.78 is 5.36. The van der Waals surface area contributed by atoms with Gasteiger partial charge in [0.25, 0.3) is 0 Å². The van der Waals surface area contributed by atoms with E-state index in [9.17, 15) is 0 Å². The molecule has 2 nitrogen and oxygen atoms in total. The van der Waals surface area contributed by atoms with Crippen molar-refractivity contribution in [2.24, 2.45) is 5.73 Å². The fourth-order valence-electron chi connectivity index (χ4n) is 2.45. The number of ether oxygens (including phenoxy) is 1. The molecule has 2 aromatic rings. The summed E-state index contributed by atoms with van der Waals surface area (Å²) in [7, 11) is 0. The van der Waals surface area contributed by atoms with Gasteiger partial charge < -0.3 is 10.5 Å². The van der Waals surface area contributed by atoms with E-state index in [1.165, 1.54) is 43.2 Å². The van der Waals surface area contributed by atoms with E-state index < -0.39 is 0 Å². The lowest BCUT2D eigenvalue weighted by atomic mass is 10.1. The molecule has 0 bridgehead atoms. The first-order valence-electron chi connectivity index (χ1n) is 11.5. The summed E-state index contributed by atoms with van der Waals surface area (Å²) in [5, 5.41) is 1.04. The molecule has 0 aliphatic heterocycles. The average Bonchev–Trinajstić information content (AvgIpc) is 2.77. The van der Waals surface area contributed by atoms with Crippen LogP contribution in [0.4, 0.5) is 0 Å². The predicted octanol–water partition coefficient (Wildman–Crippen LogP) is 9.12. The highest BCUT2D eigenvalue weighted by Gasteiger charge is 1.99. The van der Waals surface area contributed by atoms with E-state index in [0.717, 1.165) is 18.6 Å². The van der Waals surface area contributed by atoms with Gasteiger partial charge in [-0.25, -0.2) is 0 Å². The first-order chi connectivity index (χ1) is 15.0. The third-order valence-electron chi connectivity index (χ3n) is 4.34. The fraction of sp³-hybridized carbons (Fsp3) is 0.481. The van der Waals surface area contributed by atoms with Crippen molar-refractivity contribution in [3.05, 3.63) is 69.7 Å². The number of nitrogens with two attached hydrogens (primary N) is 1. The summed E-state index contributed by atoms with van der Waals surface area (Å²) in [4.78, 5) is 0. The van der Waals surface area contributed by atoms with Gasteiger partial charge in [-0.3, -0.25) is 0 Å². The number of rotatable bonds is 10. The molecule has 2 rings (SSSR count). The summed E-state index contributed by atoms with van der Waals surface area (Å²) >= 11 is 11.5. The number of allylic oxidation sites excluding steroid dienone is 1. The Bertz CT molecular complexity index is 695. The van der Waals surface area contributed by atoms with Crippen LogP contribution in [-0.4, -0.2) is 13.2 Å². The van der Waals surface area contributed by atoms with Gasteiger partial charge in [-0.05, 0) is 44.0 Å². The molecule has 0 aromatic heterocycles. The average molecular weight is 467 g/mol. The van der Waals surface area contributed by atoms with Crippen LogP contribution in [0.5, 0.6) is 5.75 Å². The number of hydrogen-bond acceptors (Lipinski definition) is 2. The maximum atomic E-state index is 5.79. The Morgan fingerprint density at radius 1 is 0.839 bits per heavy atom. The lowest BCUT2D eigenvalue weighted by Gasteiger charge is -2.05. The lowest BCUT2D eigenvalue weighted by Crippen LogP contribution is -2.05. The third kappa shape index (κ3) is 16.8. The molecular formula is C27H41Cl2NO. The molecule has 0 aliphatic rings. The Labute approximate surface area is 200 Å². The second kappa shape index (κ2) is 20.4. The molecule has 2 N–H and O–H groups in total. The fourth-order valence-corrected chi connectivity index (χ4v) is 2.74. The van der Waals surface area contributed by atoms with Crippen molar-refractivity contribution < 1.29 is 4.74 Å². The standard InChI is InChI=1S/C11H14.C9H11Cl2NO.C7H16/c1-3-4-5-11-8-6-10(2)7-9-11;10-8-3-2-7(6-9(8)11)13-5-1-4-12;1-3-5-7-6-4-2/h4-9H,3H2,1-2H3;2-3,6H,1,4-5,12H2;3-7H2,1-2H3/b5-4+;;. The maximum Gasteiger partial charge on any atom is 0.120 e. The van der Waals surface area contributed by atoms with Gasteiger partial charge in [-0.2, -0.15) is 0 Å². The minimum atomic E-state index is 0.506. The second-order valence-corrected chi connectivity index (χ2v) is 8.16. The number of hydrogen-bond donors (Lipinski definition) is 1. The van der Waals surface area contributed by atoms with Crippen LogP contribution < -0.4 is 10.5 Å². The van der Waals surface area contributed by atoms with Gasteiger partial charge in [0.2, 0.25) is 0 Å². The molecule has 0 radical (unpaired) electrons. The molecule has 0 aliphatic carbocycles. The highest BCUT2D eigenvalue weighted by Crippen LogP contribution is 2.26.